The zero-order chi connectivity index (χ0) is 19.2. The van der Waals surface area contributed by atoms with Crippen molar-refractivity contribution in [2.24, 2.45) is 0 Å². The number of aryl methyl sites for hydroxylation is 1. The largest absolute Gasteiger partial charge is 0.369 e. The van der Waals surface area contributed by atoms with Gasteiger partial charge in [-0.05, 0) is 44.7 Å². The molecule has 6 heteroatoms. The molecule has 0 atom stereocenters. The van der Waals surface area contributed by atoms with Crippen LogP contribution in [0.4, 0.5) is 23.0 Å². The quantitative estimate of drug-likeness (QED) is 0.807. The molecule has 0 unspecified atom stereocenters. The molecule has 3 rings (SSSR count). The van der Waals surface area contributed by atoms with Crippen LogP contribution in [0.5, 0.6) is 0 Å². The van der Waals surface area contributed by atoms with Gasteiger partial charge in [0.1, 0.15) is 17.5 Å². The number of unbranched alkanes of at least 4 members (excludes halogenated alkanes) is 1. The highest BCUT2D eigenvalue weighted by Crippen LogP contribution is 2.23. The molecule has 1 aliphatic rings. The summed E-state index contributed by atoms with van der Waals surface area (Å²) in [6, 6.07) is 10.7. The molecule has 1 fully saturated rings. The minimum absolute atomic E-state index is 0.785. The molecule has 2 aromatic rings. The minimum atomic E-state index is 0.785. The van der Waals surface area contributed by atoms with E-state index < -0.39 is 0 Å². The van der Waals surface area contributed by atoms with Gasteiger partial charge in [0, 0.05) is 57.2 Å². The molecule has 0 aliphatic carbocycles. The summed E-state index contributed by atoms with van der Waals surface area (Å²) < 4.78 is 0. The highest BCUT2D eigenvalue weighted by Gasteiger charge is 2.14. The van der Waals surface area contributed by atoms with Crippen molar-refractivity contribution in [3.8, 4) is 0 Å². The van der Waals surface area contributed by atoms with Crippen LogP contribution in [0.2, 0.25) is 0 Å². The Hall–Kier alpha value is -2.34. The second-order valence-corrected chi connectivity index (χ2v) is 7.40. The summed E-state index contributed by atoms with van der Waals surface area (Å²) in [5, 5.41) is 3.43. The molecule has 0 amide bonds. The van der Waals surface area contributed by atoms with Gasteiger partial charge >= 0.3 is 0 Å². The van der Waals surface area contributed by atoms with E-state index in [2.05, 4.69) is 75.3 Å². The second kappa shape index (κ2) is 9.04. The fourth-order valence-corrected chi connectivity index (χ4v) is 3.29. The van der Waals surface area contributed by atoms with Gasteiger partial charge in [-0.2, -0.15) is 0 Å². The molecular weight excluding hydrogens is 336 g/mol. The number of aromatic nitrogens is 2. The van der Waals surface area contributed by atoms with Gasteiger partial charge in [0.2, 0.25) is 0 Å². The number of likely N-dealkylation sites (N-methyl/N-ethyl adjacent to an activating group) is 1. The Kier molecular flexibility index (Phi) is 6.50. The summed E-state index contributed by atoms with van der Waals surface area (Å²) in [6.45, 7) is 9.57. The monoisotopic (exact) mass is 368 g/mol. The maximum atomic E-state index is 4.57. The summed E-state index contributed by atoms with van der Waals surface area (Å²) >= 11 is 0. The molecule has 1 aromatic heterocycles. The van der Waals surface area contributed by atoms with Crippen molar-refractivity contribution in [3.63, 3.8) is 0 Å². The van der Waals surface area contributed by atoms with E-state index in [0.717, 1.165) is 62.3 Å². The lowest BCUT2D eigenvalue weighted by atomic mass is 10.2. The highest BCUT2D eigenvalue weighted by atomic mass is 15.2. The Morgan fingerprint density at radius 2 is 1.78 bits per heavy atom. The number of nitrogens with one attached hydrogen (secondary N) is 1. The second-order valence-electron chi connectivity index (χ2n) is 7.40. The molecule has 0 bridgehead atoms. The van der Waals surface area contributed by atoms with Crippen molar-refractivity contribution in [3.05, 3.63) is 36.2 Å². The summed E-state index contributed by atoms with van der Waals surface area (Å²) in [7, 11) is 4.27. The molecule has 1 aromatic carbocycles. The van der Waals surface area contributed by atoms with Crippen LogP contribution in [-0.4, -0.2) is 61.7 Å². The van der Waals surface area contributed by atoms with E-state index in [1.54, 1.807) is 0 Å². The van der Waals surface area contributed by atoms with Crippen molar-refractivity contribution >= 4 is 23.0 Å². The fraction of sp³-hybridized carbons (Fsp3) is 0.524. The zero-order valence-corrected chi connectivity index (χ0v) is 17.1. The van der Waals surface area contributed by atoms with Crippen LogP contribution in [-0.2, 0) is 0 Å². The van der Waals surface area contributed by atoms with E-state index in [0.29, 0.717) is 0 Å². The van der Waals surface area contributed by atoms with Crippen LogP contribution in [0.3, 0.4) is 0 Å². The average molecular weight is 369 g/mol. The van der Waals surface area contributed by atoms with Crippen LogP contribution in [0.15, 0.2) is 30.3 Å². The number of hydrogen-bond acceptors (Lipinski definition) is 6. The van der Waals surface area contributed by atoms with E-state index in [-0.39, 0.29) is 0 Å². The van der Waals surface area contributed by atoms with Gasteiger partial charge < -0.3 is 20.0 Å². The lowest BCUT2D eigenvalue weighted by Gasteiger charge is -2.34. The van der Waals surface area contributed by atoms with Crippen LogP contribution in [0, 0.1) is 6.92 Å². The first-order chi connectivity index (χ1) is 13.0. The number of nitrogens with zero attached hydrogens (tertiary/aromatic N) is 5. The predicted octanol–water partition coefficient (Wildman–Crippen LogP) is 3.52. The van der Waals surface area contributed by atoms with E-state index in [1.807, 2.05) is 13.0 Å². The fourth-order valence-electron chi connectivity index (χ4n) is 3.29. The van der Waals surface area contributed by atoms with Crippen molar-refractivity contribution in [2.75, 3.05) is 61.9 Å². The predicted molar refractivity (Wildman–Crippen MR) is 114 cm³/mol. The maximum Gasteiger partial charge on any atom is 0.136 e. The van der Waals surface area contributed by atoms with Crippen LogP contribution in [0.25, 0.3) is 0 Å². The Labute approximate surface area is 163 Å². The van der Waals surface area contributed by atoms with E-state index in [1.165, 1.54) is 12.1 Å². The molecule has 6 nitrogen and oxygen atoms in total. The molecule has 0 radical (unpaired) electrons. The average Bonchev–Trinajstić information content (AvgIpc) is 2.67. The number of piperazine rings is 1. The van der Waals surface area contributed by atoms with Crippen molar-refractivity contribution in [2.45, 2.75) is 26.7 Å². The summed E-state index contributed by atoms with van der Waals surface area (Å²) in [4.78, 5) is 16.1. The Morgan fingerprint density at radius 3 is 2.44 bits per heavy atom. The third-order valence-corrected chi connectivity index (χ3v) is 5.07. The smallest absolute Gasteiger partial charge is 0.136 e. The number of anilines is 4. The minimum Gasteiger partial charge on any atom is -0.369 e. The summed E-state index contributed by atoms with van der Waals surface area (Å²) in [5.74, 6) is 2.59. The van der Waals surface area contributed by atoms with Gasteiger partial charge in [-0.15, -0.1) is 0 Å². The Morgan fingerprint density at radius 1 is 1.07 bits per heavy atom. The SMILES string of the molecule is CCCCN(C)c1cc(Nc2ccc(N3CCN(C)CC3)cc2)nc(C)n1. The normalized spacial score (nSPS) is 15.0. The van der Waals surface area contributed by atoms with E-state index in [9.17, 15) is 0 Å². The van der Waals surface area contributed by atoms with Gasteiger partial charge in [-0.25, -0.2) is 9.97 Å². The lowest BCUT2D eigenvalue weighted by Crippen LogP contribution is -2.44. The van der Waals surface area contributed by atoms with Crippen LogP contribution in [0.1, 0.15) is 25.6 Å². The topological polar surface area (TPSA) is 47.5 Å². The first-order valence-corrected chi connectivity index (χ1v) is 9.92. The molecule has 0 spiro atoms. The summed E-state index contributed by atoms with van der Waals surface area (Å²) in [6.07, 6.45) is 2.34. The molecule has 27 heavy (non-hydrogen) atoms. The first kappa shape index (κ1) is 19.4. The standard InChI is InChI=1S/C21H32N6/c1-5-6-11-26(4)21-16-20(22-17(2)23-21)24-18-7-9-19(10-8-18)27-14-12-25(3)13-15-27/h7-10,16H,5-6,11-15H2,1-4H3,(H,22,23,24). The van der Waals surface area contributed by atoms with Gasteiger partial charge in [0.25, 0.3) is 0 Å². The van der Waals surface area contributed by atoms with Crippen LogP contribution < -0.4 is 15.1 Å². The van der Waals surface area contributed by atoms with E-state index >= 15 is 0 Å². The number of rotatable bonds is 7. The van der Waals surface area contributed by atoms with Gasteiger partial charge in [0.15, 0.2) is 0 Å². The van der Waals surface area contributed by atoms with Crippen LogP contribution >= 0.6 is 0 Å². The van der Waals surface area contributed by atoms with Crippen molar-refractivity contribution in [1.29, 1.82) is 0 Å². The highest BCUT2D eigenvalue weighted by molar-refractivity contribution is 5.63. The molecule has 146 valence electrons. The Bertz CT molecular complexity index is 722. The molecular formula is C21H32N6. The lowest BCUT2D eigenvalue weighted by molar-refractivity contribution is 0.313. The molecule has 1 aliphatic heterocycles. The molecule has 0 saturated carbocycles. The van der Waals surface area contributed by atoms with Crippen molar-refractivity contribution < 1.29 is 0 Å². The van der Waals surface area contributed by atoms with Gasteiger partial charge in [-0.1, -0.05) is 13.3 Å². The molecule has 1 saturated heterocycles. The number of hydrogen-bond donors (Lipinski definition) is 1. The first-order valence-electron chi connectivity index (χ1n) is 9.92. The number of benzene rings is 1. The third kappa shape index (κ3) is 5.32. The maximum absolute atomic E-state index is 4.57. The summed E-state index contributed by atoms with van der Waals surface area (Å²) in [5.41, 5.74) is 2.33. The van der Waals surface area contributed by atoms with Gasteiger partial charge in [0.05, 0.1) is 0 Å². The molecule has 1 N–H and O–H groups in total. The Balaban J connectivity index is 1.67. The third-order valence-electron chi connectivity index (χ3n) is 5.07. The van der Waals surface area contributed by atoms with Gasteiger partial charge in [-0.3, -0.25) is 0 Å². The van der Waals surface area contributed by atoms with E-state index in [4.69, 9.17) is 0 Å². The zero-order valence-electron chi connectivity index (χ0n) is 17.1. The molecule has 2 heterocycles. The van der Waals surface area contributed by atoms with Crippen molar-refractivity contribution in [1.82, 2.24) is 14.9 Å².